The second-order valence-electron chi connectivity index (χ2n) is 5.86. The van der Waals surface area contributed by atoms with E-state index in [9.17, 15) is 4.39 Å². The van der Waals surface area contributed by atoms with Gasteiger partial charge in [0, 0.05) is 19.2 Å². The Bertz CT molecular complexity index is 1060. The summed E-state index contributed by atoms with van der Waals surface area (Å²) in [5.74, 6) is 0.330. The Hall–Kier alpha value is -2.99. The SMILES string of the molecule is Cn1nc(-c2ccccc2)c2c(NCc3ccc(F)cc3)nc(Cl)nc21. The summed E-state index contributed by atoms with van der Waals surface area (Å²) in [7, 11) is 1.82. The van der Waals surface area contributed by atoms with Crippen molar-refractivity contribution in [1.29, 1.82) is 0 Å². The van der Waals surface area contributed by atoms with E-state index in [2.05, 4.69) is 20.4 Å². The van der Waals surface area contributed by atoms with E-state index in [0.717, 1.165) is 22.2 Å². The number of hydrogen-bond acceptors (Lipinski definition) is 4. The third-order valence-electron chi connectivity index (χ3n) is 4.08. The number of nitrogens with zero attached hydrogens (tertiary/aromatic N) is 4. The normalized spacial score (nSPS) is 11.0. The summed E-state index contributed by atoms with van der Waals surface area (Å²) < 4.78 is 14.8. The largest absolute Gasteiger partial charge is 0.365 e. The minimum absolute atomic E-state index is 0.140. The molecule has 0 saturated carbocycles. The molecule has 0 aliphatic rings. The molecule has 0 spiro atoms. The number of fused-ring (bicyclic) bond motifs is 1. The van der Waals surface area contributed by atoms with Crippen LogP contribution in [0.1, 0.15) is 5.56 Å². The van der Waals surface area contributed by atoms with Gasteiger partial charge in [0.25, 0.3) is 0 Å². The van der Waals surface area contributed by atoms with E-state index in [1.54, 1.807) is 16.8 Å². The molecule has 7 heteroatoms. The van der Waals surface area contributed by atoms with Gasteiger partial charge in [-0.2, -0.15) is 15.1 Å². The van der Waals surface area contributed by atoms with Crippen molar-refractivity contribution in [3.8, 4) is 11.3 Å². The Balaban J connectivity index is 1.79. The van der Waals surface area contributed by atoms with Crippen LogP contribution in [-0.2, 0) is 13.6 Å². The number of hydrogen-bond donors (Lipinski definition) is 1. The highest BCUT2D eigenvalue weighted by molar-refractivity contribution is 6.29. The first kappa shape index (κ1) is 16.5. The van der Waals surface area contributed by atoms with Crippen LogP contribution in [0.4, 0.5) is 10.2 Å². The summed E-state index contributed by atoms with van der Waals surface area (Å²) in [5, 5.41) is 8.81. The zero-order chi connectivity index (χ0) is 18.1. The summed E-state index contributed by atoms with van der Waals surface area (Å²) >= 11 is 6.10. The molecule has 0 radical (unpaired) electrons. The van der Waals surface area contributed by atoms with E-state index in [0.29, 0.717) is 18.0 Å². The van der Waals surface area contributed by atoms with E-state index in [4.69, 9.17) is 11.6 Å². The van der Waals surface area contributed by atoms with E-state index in [1.807, 2.05) is 37.4 Å². The topological polar surface area (TPSA) is 55.6 Å². The number of aromatic nitrogens is 4. The van der Waals surface area contributed by atoms with Crippen molar-refractivity contribution in [2.24, 2.45) is 7.05 Å². The van der Waals surface area contributed by atoms with Gasteiger partial charge in [-0.15, -0.1) is 0 Å². The maximum absolute atomic E-state index is 13.1. The lowest BCUT2D eigenvalue weighted by molar-refractivity contribution is 0.627. The predicted molar refractivity (Wildman–Crippen MR) is 100 cm³/mol. The molecule has 5 nitrogen and oxygen atoms in total. The number of rotatable bonds is 4. The monoisotopic (exact) mass is 367 g/mol. The van der Waals surface area contributed by atoms with Crippen LogP contribution in [0.5, 0.6) is 0 Å². The van der Waals surface area contributed by atoms with Crippen molar-refractivity contribution in [2.75, 3.05) is 5.32 Å². The zero-order valence-electron chi connectivity index (χ0n) is 13.9. The molecule has 0 bridgehead atoms. The number of nitrogens with one attached hydrogen (secondary N) is 1. The average Bonchev–Trinajstić information content (AvgIpc) is 2.98. The smallest absolute Gasteiger partial charge is 0.226 e. The molecule has 0 aliphatic carbocycles. The molecular weight excluding hydrogens is 353 g/mol. The molecule has 130 valence electrons. The van der Waals surface area contributed by atoms with E-state index in [1.165, 1.54) is 12.1 Å². The van der Waals surface area contributed by atoms with Crippen molar-refractivity contribution in [3.63, 3.8) is 0 Å². The van der Waals surface area contributed by atoms with E-state index in [-0.39, 0.29) is 11.1 Å². The zero-order valence-corrected chi connectivity index (χ0v) is 14.7. The molecule has 4 aromatic rings. The number of benzene rings is 2. The minimum Gasteiger partial charge on any atom is -0.365 e. The molecule has 1 N–H and O–H groups in total. The highest BCUT2D eigenvalue weighted by Gasteiger charge is 2.18. The Labute approximate surface area is 154 Å². The van der Waals surface area contributed by atoms with Crippen LogP contribution in [0.25, 0.3) is 22.3 Å². The first-order chi connectivity index (χ1) is 12.6. The molecule has 2 aromatic heterocycles. The summed E-state index contributed by atoms with van der Waals surface area (Å²) in [5.41, 5.74) is 3.32. The molecular formula is C19H15ClFN5. The van der Waals surface area contributed by atoms with Gasteiger partial charge in [-0.05, 0) is 29.3 Å². The molecule has 2 aromatic carbocycles. The summed E-state index contributed by atoms with van der Waals surface area (Å²) in [4.78, 5) is 8.66. The van der Waals surface area contributed by atoms with Crippen LogP contribution in [0.15, 0.2) is 54.6 Å². The highest BCUT2D eigenvalue weighted by atomic mass is 35.5. The Morgan fingerprint density at radius 2 is 1.77 bits per heavy atom. The second-order valence-corrected chi connectivity index (χ2v) is 6.20. The molecule has 2 heterocycles. The van der Waals surface area contributed by atoms with Gasteiger partial charge in [0.05, 0.1) is 5.39 Å². The molecule has 0 unspecified atom stereocenters. The fourth-order valence-electron chi connectivity index (χ4n) is 2.84. The number of halogens is 2. The van der Waals surface area contributed by atoms with Gasteiger partial charge >= 0.3 is 0 Å². The molecule has 0 atom stereocenters. The fraction of sp³-hybridized carbons (Fsp3) is 0.105. The molecule has 4 rings (SSSR count). The van der Waals surface area contributed by atoms with Gasteiger partial charge in [0.2, 0.25) is 5.28 Å². The molecule has 26 heavy (non-hydrogen) atoms. The van der Waals surface area contributed by atoms with Gasteiger partial charge in [0.1, 0.15) is 17.3 Å². The lowest BCUT2D eigenvalue weighted by Crippen LogP contribution is -2.04. The Morgan fingerprint density at radius 1 is 1.04 bits per heavy atom. The van der Waals surface area contributed by atoms with Crippen molar-refractivity contribution in [2.45, 2.75) is 6.54 Å². The molecule has 0 saturated heterocycles. The van der Waals surface area contributed by atoms with Crippen LogP contribution in [0.3, 0.4) is 0 Å². The van der Waals surface area contributed by atoms with Crippen LogP contribution in [0.2, 0.25) is 5.28 Å². The third kappa shape index (κ3) is 3.11. The maximum atomic E-state index is 13.1. The summed E-state index contributed by atoms with van der Waals surface area (Å²) in [6.45, 7) is 0.478. The van der Waals surface area contributed by atoms with Gasteiger partial charge < -0.3 is 5.32 Å². The Kier molecular flexibility index (Phi) is 4.26. The van der Waals surface area contributed by atoms with Gasteiger partial charge in [-0.25, -0.2) is 9.07 Å². The van der Waals surface area contributed by atoms with Crippen molar-refractivity contribution < 1.29 is 4.39 Å². The minimum atomic E-state index is -0.264. The standard InChI is InChI=1S/C19H15ClFN5/c1-26-18-15(16(25-26)13-5-3-2-4-6-13)17(23-19(20)24-18)22-11-12-7-9-14(21)10-8-12/h2-10H,11H2,1H3,(H,22,23,24). The van der Waals surface area contributed by atoms with Crippen molar-refractivity contribution in [1.82, 2.24) is 19.7 Å². The number of anilines is 1. The predicted octanol–water partition coefficient (Wildman–Crippen LogP) is 4.43. The quantitative estimate of drug-likeness (QED) is 0.542. The van der Waals surface area contributed by atoms with Crippen molar-refractivity contribution >= 4 is 28.5 Å². The van der Waals surface area contributed by atoms with E-state index < -0.39 is 0 Å². The fourth-order valence-corrected chi connectivity index (χ4v) is 3.00. The highest BCUT2D eigenvalue weighted by Crippen LogP contribution is 2.32. The van der Waals surface area contributed by atoms with Gasteiger partial charge in [-0.1, -0.05) is 42.5 Å². The van der Waals surface area contributed by atoms with Gasteiger partial charge in [0.15, 0.2) is 5.65 Å². The van der Waals surface area contributed by atoms with Crippen LogP contribution >= 0.6 is 11.6 Å². The molecule has 0 amide bonds. The Morgan fingerprint density at radius 3 is 2.50 bits per heavy atom. The van der Waals surface area contributed by atoms with Crippen molar-refractivity contribution in [3.05, 3.63) is 71.3 Å². The average molecular weight is 368 g/mol. The van der Waals surface area contributed by atoms with E-state index >= 15 is 0 Å². The lowest BCUT2D eigenvalue weighted by Gasteiger charge is -2.08. The van der Waals surface area contributed by atoms with Gasteiger partial charge in [-0.3, -0.25) is 0 Å². The van der Waals surface area contributed by atoms with Crippen LogP contribution in [0, 0.1) is 5.82 Å². The third-order valence-corrected chi connectivity index (χ3v) is 4.25. The first-order valence-electron chi connectivity index (χ1n) is 8.06. The van der Waals surface area contributed by atoms with Crippen LogP contribution in [-0.4, -0.2) is 19.7 Å². The molecule has 0 fully saturated rings. The lowest BCUT2D eigenvalue weighted by atomic mass is 10.1. The second kappa shape index (κ2) is 6.72. The maximum Gasteiger partial charge on any atom is 0.226 e. The first-order valence-corrected chi connectivity index (χ1v) is 8.43. The van der Waals surface area contributed by atoms with Crippen LogP contribution < -0.4 is 5.32 Å². The summed E-state index contributed by atoms with van der Waals surface area (Å²) in [6.07, 6.45) is 0. The molecule has 0 aliphatic heterocycles. The number of aryl methyl sites for hydroxylation is 1. The summed E-state index contributed by atoms with van der Waals surface area (Å²) in [6, 6.07) is 16.2.